The van der Waals surface area contributed by atoms with Gasteiger partial charge < -0.3 is 14.2 Å². The second kappa shape index (κ2) is 6.02. The number of benzene rings is 1. The average Bonchev–Trinajstić information content (AvgIpc) is 2.25. The van der Waals surface area contributed by atoms with Crippen molar-refractivity contribution < 1.29 is 14.2 Å². The maximum atomic E-state index is 12.5. The first-order valence-electron chi connectivity index (χ1n) is 7.31. The fourth-order valence-corrected chi connectivity index (χ4v) is 8.06. The molecule has 0 spiro atoms. The lowest BCUT2D eigenvalue weighted by Gasteiger charge is -2.23. The van der Waals surface area contributed by atoms with E-state index >= 15 is 0 Å². The molecule has 0 radical (unpaired) electrons. The van der Waals surface area contributed by atoms with Crippen LogP contribution in [-0.2, 0) is 14.5 Å². The SMILES string of the molecule is Cc1cc(C=C(P(C)(C)=O)P(C)(C)=O)cc(C(C)(C)C)c1O. The third-order valence-corrected chi connectivity index (χ3v) is 8.89. The van der Waals surface area contributed by atoms with Gasteiger partial charge in [0.05, 0.1) is 0 Å². The Hall–Kier alpha value is -0.780. The van der Waals surface area contributed by atoms with Crippen LogP contribution in [0.15, 0.2) is 17.2 Å². The van der Waals surface area contributed by atoms with Gasteiger partial charge >= 0.3 is 0 Å². The topological polar surface area (TPSA) is 54.4 Å². The second-order valence-electron chi connectivity index (χ2n) is 7.69. The second-order valence-corrected chi connectivity index (χ2v) is 14.4. The number of rotatable bonds is 3. The van der Waals surface area contributed by atoms with E-state index < -0.39 is 14.3 Å². The summed E-state index contributed by atoms with van der Waals surface area (Å²) in [7, 11) is -5.22. The number of aromatic hydroxyl groups is 1. The number of hydrogen-bond acceptors (Lipinski definition) is 3. The van der Waals surface area contributed by atoms with Crippen molar-refractivity contribution in [2.45, 2.75) is 33.1 Å². The fraction of sp³-hybridized carbons (Fsp3) is 0.529. The van der Waals surface area contributed by atoms with Crippen LogP contribution in [0.3, 0.4) is 0 Å². The van der Waals surface area contributed by atoms with Crippen molar-refractivity contribution in [3.63, 3.8) is 0 Å². The van der Waals surface area contributed by atoms with E-state index in [9.17, 15) is 14.2 Å². The van der Waals surface area contributed by atoms with E-state index in [2.05, 4.69) is 0 Å². The molecule has 0 heterocycles. The minimum Gasteiger partial charge on any atom is -0.507 e. The zero-order valence-corrected chi connectivity index (χ0v) is 16.7. The van der Waals surface area contributed by atoms with Crippen LogP contribution >= 0.6 is 14.3 Å². The van der Waals surface area contributed by atoms with Gasteiger partial charge in [-0.25, -0.2) is 0 Å². The minimum atomic E-state index is -2.61. The van der Waals surface area contributed by atoms with E-state index in [-0.39, 0.29) is 5.41 Å². The van der Waals surface area contributed by atoms with E-state index in [1.807, 2.05) is 39.8 Å². The number of phenolic OH excluding ortho intramolecular Hbond substituents is 1. The summed E-state index contributed by atoms with van der Waals surface area (Å²) >= 11 is 0. The Bertz CT molecular complexity index is 673. The van der Waals surface area contributed by atoms with Crippen LogP contribution in [-0.4, -0.2) is 31.8 Å². The van der Waals surface area contributed by atoms with Crippen molar-refractivity contribution in [3.05, 3.63) is 33.9 Å². The van der Waals surface area contributed by atoms with Gasteiger partial charge in [-0.05, 0) is 68.3 Å². The van der Waals surface area contributed by atoms with E-state index in [4.69, 9.17) is 0 Å². The average molecular weight is 342 g/mol. The highest BCUT2D eigenvalue weighted by Crippen LogP contribution is 2.65. The molecular weight excluding hydrogens is 314 g/mol. The summed E-state index contributed by atoms with van der Waals surface area (Å²) in [5.74, 6) is 0.290. The van der Waals surface area contributed by atoms with E-state index in [1.165, 1.54) is 0 Å². The Morgan fingerprint density at radius 2 is 1.50 bits per heavy atom. The molecule has 5 heteroatoms. The van der Waals surface area contributed by atoms with Gasteiger partial charge in [0.15, 0.2) is 0 Å². The van der Waals surface area contributed by atoms with Crippen molar-refractivity contribution in [1.29, 1.82) is 0 Å². The molecule has 0 atom stereocenters. The summed E-state index contributed by atoms with van der Waals surface area (Å²) in [4.78, 5) is 0. The Balaban J connectivity index is 3.64. The predicted octanol–water partition coefficient (Wildman–Crippen LogP) is 5.54. The van der Waals surface area contributed by atoms with Gasteiger partial charge in [0.2, 0.25) is 0 Å². The largest absolute Gasteiger partial charge is 0.507 e. The zero-order valence-electron chi connectivity index (χ0n) is 14.9. The lowest BCUT2D eigenvalue weighted by molar-refractivity contribution is 0.443. The fourth-order valence-electron chi connectivity index (χ4n) is 2.50. The highest BCUT2D eigenvalue weighted by molar-refractivity contribution is 7.86. The van der Waals surface area contributed by atoms with Gasteiger partial charge in [0, 0.05) is 10.6 Å². The molecule has 0 saturated carbocycles. The van der Waals surface area contributed by atoms with Crippen LogP contribution in [0, 0.1) is 6.92 Å². The molecule has 0 bridgehead atoms. The Morgan fingerprint density at radius 1 is 1.05 bits per heavy atom. The quantitative estimate of drug-likeness (QED) is 0.734. The summed E-state index contributed by atoms with van der Waals surface area (Å²) in [5, 5.41) is 10.8. The van der Waals surface area contributed by atoms with Gasteiger partial charge in [-0.15, -0.1) is 0 Å². The van der Waals surface area contributed by atoms with Crippen molar-refractivity contribution >= 4 is 20.4 Å². The van der Waals surface area contributed by atoms with Crippen molar-refractivity contribution in [1.82, 2.24) is 0 Å². The van der Waals surface area contributed by atoms with Crippen LogP contribution in [0.1, 0.15) is 37.5 Å². The van der Waals surface area contributed by atoms with Gasteiger partial charge in [-0.3, -0.25) is 0 Å². The van der Waals surface area contributed by atoms with Gasteiger partial charge in [0.25, 0.3) is 0 Å². The summed E-state index contributed by atoms with van der Waals surface area (Å²) < 4.78 is 25.0. The first-order chi connectivity index (χ1) is 9.64. The molecule has 1 aromatic carbocycles. The Labute approximate surface area is 134 Å². The summed E-state index contributed by atoms with van der Waals surface area (Å²) in [5.41, 5.74) is 2.23. The monoisotopic (exact) mass is 342 g/mol. The molecule has 22 heavy (non-hydrogen) atoms. The zero-order chi connectivity index (χ0) is 17.5. The summed E-state index contributed by atoms with van der Waals surface area (Å²) in [6.45, 7) is 14.5. The molecule has 124 valence electrons. The molecule has 0 aliphatic carbocycles. The maximum Gasteiger partial charge on any atom is 0.122 e. The first kappa shape index (κ1) is 19.3. The third-order valence-electron chi connectivity index (χ3n) is 3.53. The Kier molecular flexibility index (Phi) is 5.27. The highest BCUT2D eigenvalue weighted by Gasteiger charge is 2.27. The van der Waals surface area contributed by atoms with Crippen LogP contribution in [0.25, 0.3) is 6.08 Å². The molecule has 1 rings (SSSR count). The minimum absolute atomic E-state index is 0.205. The van der Waals surface area contributed by atoms with Crippen LogP contribution in [0.5, 0.6) is 5.75 Å². The molecule has 1 N–H and O–H groups in total. The lowest BCUT2D eigenvalue weighted by atomic mass is 9.84. The normalized spacial score (nSPS) is 13.1. The number of phenols is 1. The van der Waals surface area contributed by atoms with Crippen molar-refractivity contribution in [2.24, 2.45) is 0 Å². The molecular formula is C17H28O3P2. The number of aryl methyl sites for hydroxylation is 1. The van der Waals surface area contributed by atoms with Crippen LogP contribution < -0.4 is 0 Å². The molecule has 0 saturated heterocycles. The molecule has 0 aliphatic rings. The number of hydrogen-bond donors (Lipinski definition) is 1. The maximum absolute atomic E-state index is 12.5. The lowest BCUT2D eigenvalue weighted by Crippen LogP contribution is -2.12. The molecule has 0 aromatic heterocycles. The van der Waals surface area contributed by atoms with Gasteiger partial charge in [-0.2, -0.15) is 0 Å². The van der Waals surface area contributed by atoms with Crippen LogP contribution in [0.4, 0.5) is 0 Å². The third kappa shape index (κ3) is 4.61. The standard InChI is InChI=1S/C17H28O3P2/c1-12-9-13(10-14(16(12)18)17(2,3)4)11-15(21(5,6)19)22(7,8)20/h9-11,18H,1-8H3. The summed E-state index contributed by atoms with van der Waals surface area (Å²) in [6.07, 6.45) is 1.78. The van der Waals surface area contributed by atoms with E-state index in [0.717, 1.165) is 16.7 Å². The van der Waals surface area contributed by atoms with Crippen molar-refractivity contribution in [2.75, 3.05) is 26.7 Å². The van der Waals surface area contributed by atoms with Gasteiger partial charge in [-0.1, -0.05) is 20.8 Å². The molecule has 1 aromatic rings. The van der Waals surface area contributed by atoms with Crippen molar-refractivity contribution in [3.8, 4) is 5.75 Å². The molecule has 0 amide bonds. The first-order valence-corrected chi connectivity index (χ1v) is 12.5. The van der Waals surface area contributed by atoms with E-state index in [1.54, 1.807) is 32.7 Å². The molecule has 0 aliphatic heterocycles. The highest BCUT2D eigenvalue weighted by atomic mass is 31.2. The van der Waals surface area contributed by atoms with E-state index in [0.29, 0.717) is 10.8 Å². The molecule has 0 unspecified atom stereocenters. The predicted molar refractivity (Wildman–Crippen MR) is 98.4 cm³/mol. The van der Waals surface area contributed by atoms with Gasteiger partial charge in [0.1, 0.15) is 20.0 Å². The van der Waals surface area contributed by atoms with Crippen LogP contribution in [0.2, 0.25) is 0 Å². The molecule has 3 nitrogen and oxygen atoms in total. The smallest absolute Gasteiger partial charge is 0.122 e. The summed E-state index contributed by atoms with van der Waals surface area (Å²) in [6, 6.07) is 3.74. The Morgan fingerprint density at radius 3 is 1.86 bits per heavy atom. The molecule has 0 fully saturated rings.